The van der Waals surface area contributed by atoms with Crippen LogP contribution in [0.15, 0.2) is 0 Å². The van der Waals surface area contributed by atoms with Gasteiger partial charge in [-0.3, -0.25) is 0 Å². The smallest absolute Gasteiger partial charge is 0.119 e. The Labute approximate surface area is 64.0 Å². The molecule has 2 aliphatic rings. The van der Waals surface area contributed by atoms with Crippen LogP contribution in [0.25, 0.3) is 0 Å². The summed E-state index contributed by atoms with van der Waals surface area (Å²) in [4.78, 5) is 2.47. The summed E-state index contributed by atoms with van der Waals surface area (Å²) in [6, 6.07) is 0. The molecule has 10 heavy (non-hydrogen) atoms. The topological polar surface area (TPSA) is 3.24 Å². The largest absolute Gasteiger partial charge is 0.307 e. The Morgan fingerprint density at radius 3 is 2.60 bits per heavy atom. The average molecular weight is 136 g/mol. The number of nitrogens with zero attached hydrogens (tertiary/aromatic N) is 1. The van der Waals surface area contributed by atoms with Crippen LogP contribution in [0, 0.1) is 0 Å². The standard InChI is InChI=1S/C8H15BN/c1-10-6-2-3-8(7-10)4-5-9-8/h2-7H2,1H3. The minimum atomic E-state index is 0.674. The summed E-state index contributed by atoms with van der Waals surface area (Å²) in [5.74, 6) is 0. The van der Waals surface area contributed by atoms with E-state index in [1.807, 2.05) is 0 Å². The van der Waals surface area contributed by atoms with E-state index in [1.54, 1.807) is 0 Å². The molecule has 0 saturated carbocycles. The molecular weight excluding hydrogens is 121 g/mol. The average Bonchev–Trinajstić information content (AvgIpc) is 1.85. The SMILES string of the molecule is CN1CCCC2([B]CC2)C1. The van der Waals surface area contributed by atoms with Crippen LogP contribution in [0.4, 0.5) is 0 Å². The molecule has 2 heterocycles. The van der Waals surface area contributed by atoms with Crippen molar-refractivity contribution in [3.05, 3.63) is 0 Å². The number of likely N-dealkylation sites (tertiary alicyclic amines) is 1. The highest BCUT2D eigenvalue weighted by Gasteiger charge is 2.39. The molecule has 1 spiro atoms. The fraction of sp³-hybridized carbons (Fsp3) is 1.00. The second kappa shape index (κ2) is 2.26. The molecule has 2 heteroatoms. The molecule has 0 aliphatic carbocycles. The van der Waals surface area contributed by atoms with Crippen molar-refractivity contribution in [2.75, 3.05) is 20.1 Å². The fourth-order valence-corrected chi connectivity index (χ4v) is 2.32. The van der Waals surface area contributed by atoms with Crippen LogP contribution in [-0.2, 0) is 0 Å². The Bertz CT molecular complexity index is 131. The number of hydrogen-bond acceptors (Lipinski definition) is 1. The van der Waals surface area contributed by atoms with Crippen molar-refractivity contribution in [2.24, 2.45) is 0 Å². The Balaban J connectivity index is 1.96. The first kappa shape index (κ1) is 6.72. The Kier molecular flexibility index (Phi) is 1.52. The highest BCUT2D eigenvalue weighted by molar-refractivity contribution is 6.44. The molecule has 0 bridgehead atoms. The third-order valence-corrected chi connectivity index (χ3v) is 3.02. The van der Waals surface area contributed by atoms with Gasteiger partial charge in [-0.15, -0.1) is 0 Å². The minimum absolute atomic E-state index is 0.674. The normalized spacial score (nSPS) is 40.9. The van der Waals surface area contributed by atoms with Crippen molar-refractivity contribution >= 4 is 7.28 Å². The second-order valence-corrected chi connectivity index (χ2v) is 3.95. The van der Waals surface area contributed by atoms with Gasteiger partial charge < -0.3 is 4.90 Å². The molecule has 0 amide bonds. The summed E-state index contributed by atoms with van der Waals surface area (Å²) in [6.45, 7) is 2.64. The molecule has 2 fully saturated rings. The van der Waals surface area contributed by atoms with E-state index in [1.165, 1.54) is 38.7 Å². The molecule has 0 aromatic carbocycles. The second-order valence-electron chi connectivity index (χ2n) is 3.95. The molecule has 0 aromatic heterocycles. The van der Waals surface area contributed by atoms with Crippen molar-refractivity contribution in [1.82, 2.24) is 4.90 Å². The predicted octanol–water partition coefficient (Wildman–Crippen LogP) is 1.40. The summed E-state index contributed by atoms with van der Waals surface area (Å²) in [7, 11) is 4.77. The maximum atomic E-state index is 2.53. The van der Waals surface area contributed by atoms with Gasteiger partial charge in [0.2, 0.25) is 0 Å². The molecular formula is C8H15BN. The summed E-state index contributed by atoms with van der Waals surface area (Å²) in [6.07, 6.45) is 5.69. The van der Waals surface area contributed by atoms with E-state index in [4.69, 9.17) is 0 Å². The first-order valence-corrected chi connectivity index (χ1v) is 4.34. The summed E-state index contributed by atoms with van der Waals surface area (Å²) in [5, 5.41) is 0.674. The van der Waals surface area contributed by atoms with Gasteiger partial charge in [-0.1, -0.05) is 19.2 Å². The van der Waals surface area contributed by atoms with Crippen molar-refractivity contribution in [1.29, 1.82) is 0 Å². The van der Waals surface area contributed by atoms with Crippen LogP contribution in [0.2, 0.25) is 11.6 Å². The molecule has 1 nitrogen and oxygen atoms in total. The Morgan fingerprint density at radius 1 is 1.40 bits per heavy atom. The lowest BCUT2D eigenvalue weighted by molar-refractivity contribution is 0.203. The van der Waals surface area contributed by atoms with Gasteiger partial charge in [-0.05, 0) is 31.9 Å². The van der Waals surface area contributed by atoms with E-state index in [2.05, 4.69) is 19.2 Å². The quantitative estimate of drug-likeness (QED) is 0.455. The number of piperidine rings is 1. The molecule has 0 N–H and O–H groups in total. The third-order valence-electron chi connectivity index (χ3n) is 3.02. The maximum Gasteiger partial charge on any atom is 0.119 e. The van der Waals surface area contributed by atoms with Crippen molar-refractivity contribution in [3.8, 4) is 0 Å². The van der Waals surface area contributed by atoms with Crippen molar-refractivity contribution in [3.63, 3.8) is 0 Å². The summed E-state index contributed by atoms with van der Waals surface area (Å²) >= 11 is 0. The zero-order valence-electron chi connectivity index (χ0n) is 6.77. The van der Waals surface area contributed by atoms with E-state index in [0.717, 1.165) is 0 Å². The van der Waals surface area contributed by atoms with Gasteiger partial charge in [-0.2, -0.15) is 0 Å². The molecule has 2 rings (SSSR count). The maximum absolute atomic E-state index is 2.53. The first-order valence-electron chi connectivity index (χ1n) is 4.34. The lowest BCUT2D eigenvalue weighted by atomic mass is 9.36. The zero-order valence-corrected chi connectivity index (χ0v) is 6.77. The van der Waals surface area contributed by atoms with Gasteiger partial charge in [0.1, 0.15) is 7.28 Å². The van der Waals surface area contributed by atoms with Crippen molar-refractivity contribution < 1.29 is 0 Å². The van der Waals surface area contributed by atoms with Crippen LogP contribution in [0.1, 0.15) is 19.3 Å². The Hall–Kier alpha value is 0.0249. The lowest BCUT2D eigenvalue weighted by Crippen LogP contribution is -2.44. The number of rotatable bonds is 0. The van der Waals surface area contributed by atoms with E-state index in [0.29, 0.717) is 5.31 Å². The minimum Gasteiger partial charge on any atom is -0.307 e. The monoisotopic (exact) mass is 136 g/mol. The summed E-state index contributed by atoms with van der Waals surface area (Å²) in [5.41, 5.74) is 0. The van der Waals surface area contributed by atoms with Gasteiger partial charge in [0, 0.05) is 0 Å². The molecule has 1 atom stereocenters. The van der Waals surface area contributed by atoms with E-state index < -0.39 is 0 Å². The zero-order chi connectivity index (χ0) is 7.03. The van der Waals surface area contributed by atoms with Gasteiger partial charge in [0.05, 0.1) is 0 Å². The van der Waals surface area contributed by atoms with Crippen LogP contribution >= 0.6 is 0 Å². The summed E-state index contributed by atoms with van der Waals surface area (Å²) < 4.78 is 0. The highest BCUT2D eigenvalue weighted by atomic mass is 15.1. The fourth-order valence-electron chi connectivity index (χ4n) is 2.32. The lowest BCUT2D eigenvalue weighted by Gasteiger charge is -2.47. The van der Waals surface area contributed by atoms with E-state index in [9.17, 15) is 0 Å². The van der Waals surface area contributed by atoms with Crippen LogP contribution < -0.4 is 0 Å². The molecule has 1 radical (unpaired) electrons. The number of hydrogen-bond donors (Lipinski definition) is 0. The Morgan fingerprint density at radius 2 is 2.20 bits per heavy atom. The molecule has 2 aliphatic heterocycles. The van der Waals surface area contributed by atoms with Gasteiger partial charge >= 0.3 is 0 Å². The van der Waals surface area contributed by atoms with Crippen molar-refractivity contribution in [2.45, 2.75) is 30.9 Å². The molecule has 1 unspecified atom stereocenters. The van der Waals surface area contributed by atoms with Gasteiger partial charge in [0.15, 0.2) is 0 Å². The molecule has 2 saturated heterocycles. The molecule has 55 valence electrons. The third kappa shape index (κ3) is 0.988. The highest BCUT2D eigenvalue weighted by Crippen LogP contribution is 2.48. The van der Waals surface area contributed by atoms with E-state index in [-0.39, 0.29) is 0 Å². The van der Waals surface area contributed by atoms with Gasteiger partial charge in [0.25, 0.3) is 0 Å². The van der Waals surface area contributed by atoms with Crippen LogP contribution in [0.5, 0.6) is 0 Å². The predicted molar refractivity (Wildman–Crippen MR) is 44.6 cm³/mol. The van der Waals surface area contributed by atoms with Gasteiger partial charge in [-0.25, -0.2) is 0 Å². The van der Waals surface area contributed by atoms with Crippen LogP contribution in [-0.4, -0.2) is 32.3 Å². The molecule has 0 aromatic rings. The first-order chi connectivity index (χ1) is 4.81. The van der Waals surface area contributed by atoms with Crippen LogP contribution in [0.3, 0.4) is 0 Å². The van der Waals surface area contributed by atoms with E-state index >= 15 is 0 Å².